The van der Waals surface area contributed by atoms with Crippen molar-refractivity contribution >= 4 is 29.9 Å². The number of nitrogens with zero attached hydrogens (tertiary/aromatic N) is 2. The lowest BCUT2D eigenvalue weighted by atomic mass is 9.93. The molecular weight excluding hydrogens is 431 g/mol. The van der Waals surface area contributed by atoms with Crippen molar-refractivity contribution in [3.63, 3.8) is 0 Å². The second-order valence-corrected chi connectivity index (χ2v) is 7.32. The van der Waals surface area contributed by atoms with Crippen LogP contribution in [0.2, 0.25) is 0 Å². The molecule has 0 saturated carbocycles. The lowest BCUT2D eigenvalue weighted by Gasteiger charge is -2.43. The predicted molar refractivity (Wildman–Crippen MR) is 116 cm³/mol. The van der Waals surface area contributed by atoms with E-state index in [1.54, 1.807) is 7.11 Å². The van der Waals surface area contributed by atoms with Crippen LogP contribution in [-0.4, -0.2) is 76.6 Å². The Morgan fingerprint density at radius 3 is 2.64 bits per heavy atom. The molecule has 0 aromatic carbocycles. The smallest absolute Gasteiger partial charge is 0.191 e. The van der Waals surface area contributed by atoms with Crippen LogP contribution in [0.1, 0.15) is 40.0 Å². The maximum Gasteiger partial charge on any atom is 0.191 e. The Labute approximate surface area is 171 Å². The number of methoxy groups -OCH3 is 1. The van der Waals surface area contributed by atoms with Crippen LogP contribution in [0, 0.1) is 5.92 Å². The summed E-state index contributed by atoms with van der Waals surface area (Å²) in [5, 5.41) is 6.82. The second-order valence-electron chi connectivity index (χ2n) is 7.32. The Bertz CT molecular complexity index is 367. The summed E-state index contributed by atoms with van der Waals surface area (Å²) >= 11 is 0. The Morgan fingerprint density at radius 2 is 2.00 bits per heavy atom. The molecule has 0 bridgehead atoms. The normalized spacial score (nSPS) is 19.4. The van der Waals surface area contributed by atoms with Crippen molar-refractivity contribution in [3.8, 4) is 0 Å². The first-order valence-corrected chi connectivity index (χ1v) is 9.26. The Kier molecular flexibility index (Phi) is 13.9. The van der Waals surface area contributed by atoms with E-state index >= 15 is 0 Å². The van der Waals surface area contributed by atoms with Crippen molar-refractivity contribution in [3.05, 3.63) is 0 Å². The predicted octanol–water partition coefficient (Wildman–Crippen LogP) is 2.33. The van der Waals surface area contributed by atoms with Gasteiger partial charge in [0.25, 0.3) is 0 Å². The van der Waals surface area contributed by atoms with Gasteiger partial charge in [-0.3, -0.25) is 9.89 Å². The fourth-order valence-corrected chi connectivity index (χ4v) is 3.00. The topological polar surface area (TPSA) is 58.1 Å². The van der Waals surface area contributed by atoms with Crippen molar-refractivity contribution in [2.45, 2.75) is 45.6 Å². The van der Waals surface area contributed by atoms with Gasteiger partial charge < -0.3 is 20.1 Å². The third kappa shape index (κ3) is 10.6. The quantitative estimate of drug-likeness (QED) is 0.222. The van der Waals surface area contributed by atoms with E-state index in [0.29, 0.717) is 13.2 Å². The minimum Gasteiger partial charge on any atom is -0.382 e. The van der Waals surface area contributed by atoms with Crippen LogP contribution in [0.15, 0.2) is 4.99 Å². The molecule has 0 aromatic rings. The van der Waals surface area contributed by atoms with Crippen LogP contribution in [0.3, 0.4) is 0 Å². The number of ether oxygens (including phenoxy) is 2. The van der Waals surface area contributed by atoms with E-state index in [2.05, 4.69) is 41.3 Å². The molecule has 1 aliphatic heterocycles. The van der Waals surface area contributed by atoms with E-state index in [-0.39, 0.29) is 29.5 Å². The van der Waals surface area contributed by atoms with Gasteiger partial charge in [-0.25, -0.2) is 0 Å². The molecule has 0 radical (unpaired) electrons. The average Bonchev–Trinajstić information content (AvgIpc) is 2.56. The highest BCUT2D eigenvalue weighted by atomic mass is 127. The first-order valence-electron chi connectivity index (χ1n) is 9.26. The summed E-state index contributed by atoms with van der Waals surface area (Å²) in [4.78, 5) is 6.92. The highest BCUT2D eigenvalue weighted by Gasteiger charge is 2.30. The van der Waals surface area contributed by atoms with E-state index in [1.807, 2.05) is 7.05 Å². The number of nitrogens with one attached hydrogen (secondary N) is 2. The molecule has 0 aromatic heterocycles. The number of rotatable bonds is 10. The molecule has 1 fully saturated rings. The van der Waals surface area contributed by atoms with E-state index in [0.717, 1.165) is 38.0 Å². The first kappa shape index (κ1) is 24.9. The summed E-state index contributed by atoms with van der Waals surface area (Å²) < 4.78 is 10.4. The van der Waals surface area contributed by atoms with Crippen molar-refractivity contribution in [2.24, 2.45) is 10.9 Å². The molecule has 2 N–H and O–H groups in total. The number of halogens is 1. The molecule has 1 unspecified atom stereocenters. The number of aliphatic imine (C=N–C) groups is 1. The molecule has 0 aliphatic carbocycles. The molecule has 1 rings (SSSR count). The third-order valence-corrected chi connectivity index (χ3v) is 4.61. The summed E-state index contributed by atoms with van der Waals surface area (Å²) in [5.74, 6) is 1.67. The molecule has 1 saturated heterocycles. The molecule has 150 valence electrons. The minimum atomic E-state index is 0. The fraction of sp³-hybridized carbons (Fsp3) is 0.944. The molecular formula is C18H39IN4O2. The SMILES string of the molecule is CN=C(NCCCOCCOC)NCC(C)(C)N1CCCC(C)C1.I. The summed E-state index contributed by atoms with van der Waals surface area (Å²) in [6.07, 6.45) is 3.62. The van der Waals surface area contributed by atoms with Gasteiger partial charge in [-0.15, -0.1) is 24.0 Å². The zero-order valence-corrected chi connectivity index (χ0v) is 19.1. The van der Waals surface area contributed by atoms with Crippen LogP contribution in [0.5, 0.6) is 0 Å². The summed E-state index contributed by atoms with van der Waals surface area (Å²) in [5.41, 5.74) is 0.134. The lowest BCUT2D eigenvalue weighted by molar-refractivity contribution is 0.0697. The number of guanidine groups is 1. The van der Waals surface area contributed by atoms with Crippen LogP contribution in [0.25, 0.3) is 0 Å². The van der Waals surface area contributed by atoms with E-state index in [1.165, 1.54) is 25.9 Å². The molecule has 1 heterocycles. The Balaban J connectivity index is 0.00000576. The number of hydrogen-bond donors (Lipinski definition) is 2. The summed E-state index contributed by atoms with van der Waals surface area (Å²) in [6.45, 7) is 13.2. The van der Waals surface area contributed by atoms with Crippen molar-refractivity contribution in [1.82, 2.24) is 15.5 Å². The van der Waals surface area contributed by atoms with Crippen LogP contribution < -0.4 is 10.6 Å². The fourth-order valence-electron chi connectivity index (χ4n) is 3.00. The second kappa shape index (κ2) is 14.0. The van der Waals surface area contributed by atoms with Crippen LogP contribution in [0.4, 0.5) is 0 Å². The monoisotopic (exact) mass is 470 g/mol. The number of likely N-dealkylation sites (tertiary alicyclic amines) is 1. The van der Waals surface area contributed by atoms with Gasteiger partial charge in [-0.2, -0.15) is 0 Å². The van der Waals surface area contributed by atoms with Gasteiger partial charge in [0.2, 0.25) is 0 Å². The highest BCUT2D eigenvalue weighted by Crippen LogP contribution is 2.23. The molecule has 1 aliphatic rings. The number of piperidine rings is 1. The molecule has 0 spiro atoms. The first-order chi connectivity index (χ1) is 11.5. The molecule has 1 atom stereocenters. The molecule has 25 heavy (non-hydrogen) atoms. The summed E-state index contributed by atoms with van der Waals surface area (Å²) in [6, 6.07) is 0. The van der Waals surface area contributed by atoms with Crippen molar-refractivity contribution in [1.29, 1.82) is 0 Å². The van der Waals surface area contributed by atoms with Gasteiger partial charge in [0.15, 0.2) is 5.96 Å². The maximum absolute atomic E-state index is 5.46. The average molecular weight is 470 g/mol. The Hall–Kier alpha value is -0.120. The highest BCUT2D eigenvalue weighted by molar-refractivity contribution is 14.0. The largest absolute Gasteiger partial charge is 0.382 e. The van der Waals surface area contributed by atoms with E-state index in [4.69, 9.17) is 9.47 Å². The minimum absolute atomic E-state index is 0. The van der Waals surface area contributed by atoms with Gasteiger partial charge in [0.1, 0.15) is 0 Å². The van der Waals surface area contributed by atoms with Gasteiger partial charge in [-0.1, -0.05) is 6.92 Å². The summed E-state index contributed by atoms with van der Waals surface area (Å²) in [7, 11) is 3.51. The van der Waals surface area contributed by atoms with Crippen molar-refractivity contribution in [2.75, 3.05) is 60.2 Å². The van der Waals surface area contributed by atoms with Crippen LogP contribution in [-0.2, 0) is 9.47 Å². The molecule has 7 heteroatoms. The molecule has 6 nitrogen and oxygen atoms in total. The van der Waals surface area contributed by atoms with Gasteiger partial charge in [-0.05, 0) is 45.6 Å². The van der Waals surface area contributed by atoms with E-state index in [9.17, 15) is 0 Å². The maximum atomic E-state index is 5.46. The van der Waals surface area contributed by atoms with E-state index < -0.39 is 0 Å². The zero-order valence-electron chi connectivity index (χ0n) is 16.8. The van der Waals surface area contributed by atoms with Gasteiger partial charge in [0, 0.05) is 45.9 Å². The zero-order chi connectivity index (χ0) is 17.8. The van der Waals surface area contributed by atoms with Crippen molar-refractivity contribution < 1.29 is 9.47 Å². The van der Waals surface area contributed by atoms with Gasteiger partial charge >= 0.3 is 0 Å². The van der Waals surface area contributed by atoms with Crippen LogP contribution >= 0.6 is 24.0 Å². The van der Waals surface area contributed by atoms with Gasteiger partial charge in [0.05, 0.1) is 13.2 Å². The molecule has 0 amide bonds. The Morgan fingerprint density at radius 1 is 1.24 bits per heavy atom. The standard InChI is InChI=1S/C18H38N4O2.HI/c1-16-8-6-10-22(14-16)18(2,3)15-21-17(19-4)20-9-7-11-24-13-12-23-5;/h16H,6-15H2,1-5H3,(H2,19,20,21);1H. The third-order valence-electron chi connectivity index (χ3n) is 4.61. The lowest BCUT2D eigenvalue weighted by Crippen LogP contribution is -2.56. The number of hydrogen-bond acceptors (Lipinski definition) is 4.